The number of benzene rings is 9. The fraction of sp³-hybridized carbons (Fsp3) is 0.111. The average Bonchev–Trinajstić information content (AvgIpc) is 3.87. The smallest absolute Gasteiger partial charge is 0.159 e. The molecule has 1 fully saturated rings. The van der Waals surface area contributed by atoms with Gasteiger partial charge in [0.2, 0.25) is 0 Å². The van der Waals surface area contributed by atoms with Crippen molar-refractivity contribution in [2.24, 2.45) is 9.98 Å². The minimum absolute atomic E-state index is 0.0260. The van der Waals surface area contributed by atoms with Crippen molar-refractivity contribution in [2.75, 3.05) is 0 Å². The minimum Gasteiger partial charge on any atom is -0.344 e. The Kier molecular flexibility index (Phi) is 9.45. The van der Waals surface area contributed by atoms with E-state index in [2.05, 4.69) is 210 Å². The normalized spacial score (nSPS) is 16.0. The van der Waals surface area contributed by atoms with Crippen LogP contribution in [-0.4, -0.2) is 16.2 Å². The molecule has 1 atom stereocenters. The van der Waals surface area contributed by atoms with Gasteiger partial charge in [-0.2, -0.15) is 0 Å². The summed E-state index contributed by atoms with van der Waals surface area (Å²) in [4.78, 5) is 10.3. The second-order valence-corrected chi connectivity index (χ2v) is 18.5. The van der Waals surface area contributed by atoms with Crippen molar-refractivity contribution < 1.29 is 0 Å². The molecule has 0 saturated heterocycles. The van der Waals surface area contributed by atoms with Gasteiger partial charge in [-0.05, 0) is 110 Å². The van der Waals surface area contributed by atoms with Crippen molar-refractivity contribution in [1.29, 1.82) is 0 Å². The Hall–Kier alpha value is -8.08. The molecule has 2 heterocycles. The summed E-state index contributed by atoms with van der Waals surface area (Å²) >= 11 is 0. The number of nitrogens with one attached hydrogen (secondary N) is 1. The van der Waals surface area contributed by atoms with Gasteiger partial charge in [0, 0.05) is 33.0 Å². The van der Waals surface area contributed by atoms with Crippen LogP contribution in [0.25, 0.3) is 72.0 Å². The number of nitrogens with zero attached hydrogens (tertiary/aromatic N) is 3. The highest BCUT2D eigenvalue weighted by molar-refractivity contribution is 6.13. The zero-order valence-electron chi connectivity index (χ0n) is 37.2. The molecule has 13 rings (SSSR count). The van der Waals surface area contributed by atoms with E-state index in [0.717, 1.165) is 28.4 Å². The Balaban J connectivity index is 0.881. The van der Waals surface area contributed by atoms with E-state index in [1.54, 1.807) is 0 Å². The third kappa shape index (κ3) is 6.74. The van der Waals surface area contributed by atoms with Crippen LogP contribution in [0.5, 0.6) is 0 Å². The summed E-state index contributed by atoms with van der Waals surface area (Å²) in [5.41, 5.74) is 19.8. The zero-order chi connectivity index (χ0) is 44.3. The largest absolute Gasteiger partial charge is 0.344 e. The molecule has 1 unspecified atom stereocenters. The van der Waals surface area contributed by atoms with E-state index >= 15 is 0 Å². The number of para-hydroxylation sites is 1. The van der Waals surface area contributed by atoms with Crippen molar-refractivity contribution in [3.8, 4) is 50.2 Å². The highest BCUT2D eigenvalue weighted by Crippen LogP contribution is 2.57. The molecule has 0 amide bonds. The van der Waals surface area contributed by atoms with Crippen molar-refractivity contribution in [1.82, 2.24) is 9.88 Å². The van der Waals surface area contributed by atoms with Gasteiger partial charge in [0.05, 0.1) is 11.0 Å². The molecule has 320 valence electrons. The summed E-state index contributed by atoms with van der Waals surface area (Å²) in [5, 5.41) is 6.33. The Morgan fingerprint density at radius 2 is 0.985 bits per heavy atom. The fourth-order valence-corrected chi connectivity index (χ4v) is 11.4. The minimum atomic E-state index is -0.300. The lowest BCUT2D eigenvalue weighted by molar-refractivity contribution is 0.353. The Labute approximate surface area is 391 Å². The summed E-state index contributed by atoms with van der Waals surface area (Å²) in [5.74, 6) is 1.54. The lowest BCUT2D eigenvalue weighted by Gasteiger charge is -2.36. The molecule has 1 aromatic heterocycles. The van der Waals surface area contributed by atoms with E-state index in [1.807, 2.05) is 18.2 Å². The topological polar surface area (TPSA) is 41.7 Å². The molecule has 1 saturated carbocycles. The monoisotopic (exact) mass is 860 g/mol. The van der Waals surface area contributed by atoms with Crippen molar-refractivity contribution in [3.63, 3.8) is 0 Å². The van der Waals surface area contributed by atoms with E-state index in [-0.39, 0.29) is 11.6 Å². The molecule has 67 heavy (non-hydrogen) atoms. The van der Waals surface area contributed by atoms with Crippen LogP contribution in [0.1, 0.15) is 66.1 Å². The molecule has 4 heteroatoms. The maximum Gasteiger partial charge on any atom is 0.159 e. The fourth-order valence-electron chi connectivity index (χ4n) is 11.4. The van der Waals surface area contributed by atoms with Gasteiger partial charge in [0.15, 0.2) is 5.84 Å². The van der Waals surface area contributed by atoms with Crippen LogP contribution < -0.4 is 5.32 Å². The van der Waals surface area contributed by atoms with E-state index in [4.69, 9.17) is 9.98 Å². The first kappa shape index (κ1) is 39.3. The Morgan fingerprint density at radius 1 is 0.418 bits per heavy atom. The van der Waals surface area contributed by atoms with Gasteiger partial charge in [-0.1, -0.05) is 201 Å². The van der Waals surface area contributed by atoms with Crippen LogP contribution in [0.2, 0.25) is 0 Å². The molecule has 1 N–H and O–H groups in total. The van der Waals surface area contributed by atoms with Crippen LogP contribution in [0.15, 0.2) is 228 Å². The van der Waals surface area contributed by atoms with Crippen LogP contribution in [0.4, 0.5) is 0 Å². The second-order valence-electron chi connectivity index (χ2n) is 18.5. The van der Waals surface area contributed by atoms with Crippen LogP contribution >= 0.6 is 0 Å². The van der Waals surface area contributed by atoms with Crippen molar-refractivity contribution >= 4 is 33.5 Å². The zero-order valence-corrected chi connectivity index (χ0v) is 37.2. The second kappa shape index (κ2) is 16.1. The highest BCUT2D eigenvalue weighted by Gasteiger charge is 2.44. The number of fused-ring (bicyclic) bond motifs is 8. The number of hydrogen-bond donors (Lipinski definition) is 1. The highest BCUT2D eigenvalue weighted by atomic mass is 15.2. The molecular formula is C63H48N4. The van der Waals surface area contributed by atoms with Crippen LogP contribution in [0, 0.1) is 0 Å². The number of aromatic nitrogens is 1. The summed E-state index contributed by atoms with van der Waals surface area (Å²) in [6.45, 7) is 0. The van der Waals surface area contributed by atoms with Gasteiger partial charge in [-0.3, -0.25) is 0 Å². The van der Waals surface area contributed by atoms with E-state index in [0.29, 0.717) is 0 Å². The first-order chi connectivity index (χ1) is 33.2. The molecule has 3 aliphatic rings. The summed E-state index contributed by atoms with van der Waals surface area (Å²) < 4.78 is 2.49. The molecular weight excluding hydrogens is 813 g/mol. The number of aliphatic imine (C=N–C) groups is 2. The van der Waals surface area contributed by atoms with Crippen molar-refractivity contribution in [2.45, 2.75) is 43.7 Å². The standard InChI is InChI=1S/C63H48N4/c1-5-16-42(17-6-1)44-26-30-47(31-27-44)61-64-60(46-20-9-3-10-21-46)65-62(66-61)48-32-28-45(29-33-48)50-34-35-56-53(39-50)54-41-59-55(40-57(54)63(56)36-13-4-14-37-63)52-24-11-12-25-58(52)67(59)51-23-15-22-49(38-51)43-18-7-2-8-19-43/h1-3,5-12,15-35,38-41,62H,4,13-14,36-37H2,(H,64,65,66). The summed E-state index contributed by atoms with van der Waals surface area (Å²) in [7, 11) is 0. The van der Waals surface area contributed by atoms with Gasteiger partial charge in [0.1, 0.15) is 12.0 Å². The van der Waals surface area contributed by atoms with E-state index in [9.17, 15) is 0 Å². The molecule has 1 spiro atoms. The maximum atomic E-state index is 5.19. The Bertz CT molecular complexity index is 3540. The lowest BCUT2D eigenvalue weighted by Crippen LogP contribution is -2.33. The summed E-state index contributed by atoms with van der Waals surface area (Å²) in [6.07, 6.45) is 5.88. The van der Waals surface area contributed by atoms with Crippen LogP contribution in [-0.2, 0) is 5.41 Å². The van der Waals surface area contributed by atoms with E-state index < -0.39 is 0 Å². The molecule has 1 aliphatic heterocycles. The van der Waals surface area contributed by atoms with Gasteiger partial charge in [0.25, 0.3) is 0 Å². The van der Waals surface area contributed by atoms with E-state index in [1.165, 1.54) is 115 Å². The van der Waals surface area contributed by atoms with Crippen LogP contribution in [0.3, 0.4) is 0 Å². The molecule has 4 nitrogen and oxygen atoms in total. The molecule has 9 aromatic carbocycles. The number of hydrogen-bond acceptors (Lipinski definition) is 3. The Morgan fingerprint density at radius 3 is 1.73 bits per heavy atom. The first-order valence-electron chi connectivity index (χ1n) is 23.8. The predicted octanol–water partition coefficient (Wildman–Crippen LogP) is 15.5. The molecule has 2 aliphatic carbocycles. The van der Waals surface area contributed by atoms with Gasteiger partial charge >= 0.3 is 0 Å². The summed E-state index contributed by atoms with van der Waals surface area (Å²) in [6, 6.07) is 79.6. The van der Waals surface area contributed by atoms with Gasteiger partial charge in [-0.25, -0.2) is 9.98 Å². The molecule has 0 radical (unpaired) electrons. The average molecular weight is 861 g/mol. The first-order valence-corrected chi connectivity index (χ1v) is 23.8. The molecule has 10 aromatic rings. The molecule has 0 bridgehead atoms. The van der Waals surface area contributed by atoms with Gasteiger partial charge < -0.3 is 9.88 Å². The third-order valence-corrected chi connectivity index (χ3v) is 14.7. The SMILES string of the molecule is c1ccc(C2=NC(c3ccc(-c4ccc5c(c4)-c4cc6c(cc4C54CCCCC4)c4ccccc4n6-c4cccc(-c5ccccc5)c4)cc3)NC(c3ccc(-c4ccccc4)cc3)=N2)cc1. The van der Waals surface area contributed by atoms with Gasteiger partial charge in [-0.15, -0.1) is 0 Å². The number of amidine groups is 2. The maximum absolute atomic E-state index is 5.19. The quantitative estimate of drug-likeness (QED) is 0.170. The number of rotatable bonds is 7. The lowest BCUT2D eigenvalue weighted by atomic mass is 9.67. The third-order valence-electron chi connectivity index (χ3n) is 14.7. The van der Waals surface area contributed by atoms with Crippen molar-refractivity contribution in [3.05, 3.63) is 246 Å². The predicted molar refractivity (Wildman–Crippen MR) is 278 cm³/mol.